The van der Waals surface area contributed by atoms with Crippen LogP contribution in [0.25, 0.3) is 0 Å². The molecule has 0 fully saturated rings. The molecule has 0 heterocycles. The lowest BCUT2D eigenvalue weighted by molar-refractivity contribution is 0.255. The van der Waals surface area contributed by atoms with Crippen LogP contribution in [0.5, 0.6) is 5.75 Å². The van der Waals surface area contributed by atoms with Gasteiger partial charge < -0.3 is 15.8 Å². The first-order valence-electron chi connectivity index (χ1n) is 12.0. The minimum atomic E-state index is -0.202. The zero-order valence-corrected chi connectivity index (χ0v) is 21.2. The Balaban J connectivity index is 2.04. The average molecular weight is 460 g/mol. The maximum Gasteiger partial charge on any atom is 0.326 e. The van der Waals surface area contributed by atoms with Crippen LogP contribution in [0.3, 0.4) is 0 Å². The van der Waals surface area contributed by atoms with Crippen LogP contribution in [0.1, 0.15) is 68.8 Å². The molecule has 0 aliphatic carbocycles. The van der Waals surface area contributed by atoms with Crippen molar-refractivity contribution >= 4 is 23.1 Å². The monoisotopic (exact) mass is 459 g/mol. The Morgan fingerprint density at radius 2 is 1.53 bits per heavy atom. The van der Waals surface area contributed by atoms with E-state index in [1.165, 1.54) is 5.56 Å². The van der Waals surface area contributed by atoms with Crippen molar-refractivity contribution in [2.45, 2.75) is 59.4 Å². The first-order valence-corrected chi connectivity index (χ1v) is 12.0. The summed E-state index contributed by atoms with van der Waals surface area (Å²) in [6.45, 7) is 10.5. The van der Waals surface area contributed by atoms with Crippen LogP contribution in [0, 0.1) is 0 Å². The van der Waals surface area contributed by atoms with Crippen LogP contribution in [-0.4, -0.2) is 13.1 Å². The zero-order valence-electron chi connectivity index (χ0n) is 21.2. The van der Waals surface area contributed by atoms with Gasteiger partial charge >= 0.3 is 6.03 Å². The number of methoxy groups -OCH3 is 1. The number of nitrogens with one attached hydrogen (secondary N) is 1. The second kappa shape index (κ2) is 11.1. The molecule has 2 amide bonds. The van der Waals surface area contributed by atoms with E-state index < -0.39 is 0 Å². The highest BCUT2D eigenvalue weighted by atomic mass is 16.5. The van der Waals surface area contributed by atoms with Crippen molar-refractivity contribution in [3.05, 3.63) is 82.9 Å². The largest absolute Gasteiger partial charge is 0.497 e. The summed E-state index contributed by atoms with van der Waals surface area (Å²) in [6, 6.07) is 19.6. The van der Waals surface area contributed by atoms with E-state index >= 15 is 0 Å². The predicted molar refractivity (Wildman–Crippen MR) is 143 cm³/mol. The van der Waals surface area contributed by atoms with Crippen molar-refractivity contribution in [1.29, 1.82) is 0 Å². The van der Waals surface area contributed by atoms with Crippen molar-refractivity contribution in [3.8, 4) is 5.75 Å². The minimum absolute atomic E-state index is 0.185. The molecular weight excluding hydrogens is 422 g/mol. The van der Waals surface area contributed by atoms with Gasteiger partial charge in [-0.1, -0.05) is 58.0 Å². The van der Waals surface area contributed by atoms with Gasteiger partial charge in [-0.3, -0.25) is 4.90 Å². The van der Waals surface area contributed by atoms with Gasteiger partial charge in [-0.25, -0.2) is 4.79 Å². The van der Waals surface area contributed by atoms with Crippen LogP contribution < -0.4 is 20.7 Å². The molecule has 0 radical (unpaired) electrons. The van der Waals surface area contributed by atoms with Gasteiger partial charge in [0.25, 0.3) is 0 Å². The fourth-order valence-electron chi connectivity index (χ4n) is 4.28. The van der Waals surface area contributed by atoms with Crippen molar-refractivity contribution in [1.82, 2.24) is 0 Å². The van der Waals surface area contributed by atoms with Gasteiger partial charge in [0.15, 0.2) is 0 Å². The summed E-state index contributed by atoms with van der Waals surface area (Å²) in [4.78, 5) is 15.7. The first-order chi connectivity index (χ1) is 16.3. The fourth-order valence-corrected chi connectivity index (χ4v) is 4.28. The quantitative estimate of drug-likeness (QED) is 0.347. The van der Waals surface area contributed by atoms with Crippen LogP contribution in [0.15, 0.2) is 60.7 Å². The number of aryl methyl sites for hydroxylation is 1. The number of carbonyl (C=O) groups excluding carboxylic acids is 1. The summed E-state index contributed by atoms with van der Waals surface area (Å²) in [6.07, 6.45) is 1.55. The molecule has 1 atom stereocenters. The molecule has 0 spiro atoms. The normalized spacial score (nSPS) is 11.9. The summed E-state index contributed by atoms with van der Waals surface area (Å²) in [5.74, 6) is 1.20. The molecule has 0 unspecified atom stereocenters. The standard InChI is InChI=1S/C29H37N3O2/c1-7-21-13-18-27(30)26(8-2)28(21)31-29(33)32(24-14-9-22(10-15-24)19(3)4)20(5)23-11-16-25(34-6)17-12-23/h9-20H,7-8,30H2,1-6H3,(H,31,33)/t20-/m0/s1. The van der Waals surface area contributed by atoms with Crippen LogP contribution in [0.2, 0.25) is 0 Å². The summed E-state index contributed by atoms with van der Waals surface area (Å²) >= 11 is 0. The SMILES string of the molecule is CCc1ccc(N)c(CC)c1NC(=O)N(c1ccc(C(C)C)cc1)[C@@H](C)c1ccc(OC)cc1. The molecule has 0 aliphatic rings. The van der Waals surface area contributed by atoms with Crippen molar-refractivity contribution < 1.29 is 9.53 Å². The van der Waals surface area contributed by atoms with E-state index in [2.05, 4.69) is 45.1 Å². The Kier molecular flexibility index (Phi) is 8.21. The summed E-state index contributed by atoms with van der Waals surface area (Å²) in [5.41, 5.74) is 12.9. The summed E-state index contributed by atoms with van der Waals surface area (Å²) in [5, 5.41) is 3.21. The number of nitrogen functional groups attached to an aromatic ring is 1. The lowest BCUT2D eigenvalue weighted by atomic mass is 10.0. The van der Waals surface area contributed by atoms with Crippen molar-refractivity contribution in [2.75, 3.05) is 23.1 Å². The van der Waals surface area contributed by atoms with Crippen molar-refractivity contribution in [2.24, 2.45) is 0 Å². The number of amides is 2. The third-order valence-electron chi connectivity index (χ3n) is 6.44. The third-order valence-corrected chi connectivity index (χ3v) is 6.44. The number of anilines is 3. The lowest BCUT2D eigenvalue weighted by Gasteiger charge is -2.31. The van der Waals surface area contributed by atoms with E-state index in [4.69, 9.17) is 10.5 Å². The molecule has 3 aromatic carbocycles. The van der Waals surface area contributed by atoms with Crippen LogP contribution in [-0.2, 0) is 12.8 Å². The molecule has 0 aliphatic heterocycles. The lowest BCUT2D eigenvalue weighted by Crippen LogP contribution is -2.37. The maximum atomic E-state index is 13.9. The van der Waals surface area contributed by atoms with Gasteiger partial charge in [0.2, 0.25) is 0 Å². The van der Waals surface area contributed by atoms with E-state index in [0.717, 1.165) is 46.7 Å². The van der Waals surface area contributed by atoms with Gasteiger partial charge in [-0.15, -0.1) is 0 Å². The average Bonchev–Trinajstić information content (AvgIpc) is 2.85. The molecule has 0 aromatic heterocycles. The number of hydrogen-bond donors (Lipinski definition) is 2. The van der Waals surface area contributed by atoms with Gasteiger partial charge in [0.1, 0.15) is 5.75 Å². The van der Waals surface area contributed by atoms with E-state index in [9.17, 15) is 4.79 Å². The molecule has 3 aromatic rings. The molecule has 3 rings (SSSR count). The van der Waals surface area contributed by atoms with Crippen LogP contribution in [0.4, 0.5) is 21.9 Å². The number of rotatable bonds is 8. The van der Waals surface area contributed by atoms with Gasteiger partial charge in [0.05, 0.1) is 18.8 Å². The smallest absolute Gasteiger partial charge is 0.326 e. The predicted octanol–water partition coefficient (Wildman–Crippen LogP) is 7.33. The highest BCUT2D eigenvalue weighted by Crippen LogP contribution is 2.33. The molecule has 0 bridgehead atoms. The zero-order chi connectivity index (χ0) is 24.8. The molecule has 34 heavy (non-hydrogen) atoms. The van der Waals surface area contributed by atoms with E-state index in [-0.39, 0.29) is 12.1 Å². The molecule has 0 saturated carbocycles. The van der Waals surface area contributed by atoms with Crippen molar-refractivity contribution in [3.63, 3.8) is 0 Å². The Bertz CT molecular complexity index is 1110. The Morgan fingerprint density at radius 3 is 2.06 bits per heavy atom. The maximum absolute atomic E-state index is 13.9. The molecule has 5 nitrogen and oxygen atoms in total. The second-order valence-electron chi connectivity index (χ2n) is 8.87. The first kappa shape index (κ1) is 25.2. The Labute approximate surface area is 203 Å². The number of carbonyl (C=O) groups is 1. The minimum Gasteiger partial charge on any atom is -0.497 e. The number of nitrogens with zero attached hydrogens (tertiary/aromatic N) is 1. The van der Waals surface area contributed by atoms with Crippen LogP contribution >= 0.6 is 0 Å². The summed E-state index contributed by atoms with van der Waals surface area (Å²) < 4.78 is 5.31. The van der Waals surface area contributed by atoms with Gasteiger partial charge in [-0.05, 0) is 78.3 Å². The number of benzene rings is 3. The third kappa shape index (κ3) is 5.36. The van der Waals surface area contributed by atoms with E-state index in [1.807, 2.05) is 60.4 Å². The van der Waals surface area contributed by atoms with E-state index in [1.54, 1.807) is 7.11 Å². The molecule has 5 heteroatoms. The Morgan fingerprint density at radius 1 is 0.912 bits per heavy atom. The second-order valence-corrected chi connectivity index (χ2v) is 8.87. The van der Waals surface area contributed by atoms with Gasteiger partial charge in [0, 0.05) is 11.4 Å². The molecular formula is C29H37N3O2. The Hall–Kier alpha value is -3.47. The number of hydrogen-bond acceptors (Lipinski definition) is 3. The summed E-state index contributed by atoms with van der Waals surface area (Å²) in [7, 11) is 1.65. The number of nitrogens with two attached hydrogens (primary N) is 1. The number of urea groups is 1. The van der Waals surface area contributed by atoms with E-state index in [0.29, 0.717) is 11.6 Å². The molecule has 180 valence electrons. The highest BCUT2D eigenvalue weighted by molar-refractivity contribution is 6.03. The topological polar surface area (TPSA) is 67.6 Å². The van der Waals surface area contributed by atoms with Gasteiger partial charge in [-0.2, -0.15) is 0 Å². The highest BCUT2D eigenvalue weighted by Gasteiger charge is 2.25. The fraction of sp³-hybridized carbons (Fsp3) is 0.345. The molecule has 3 N–H and O–H groups in total. The number of ether oxygens (including phenoxy) is 1. The molecule has 0 saturated heterocycles.